The molecule has 0 aromatic heterocycles. The van der Waals surface area contributed by atoms with Crippen molar-refractivity contribution < 1.29 is 17.9 Å². The summed E-state index contributed by atoms with van der Waals surface area (Å²) in [4.78, 5) is 2.41. The maximum Gasteiger partial charge on any atom is 0.573 e. The number of ether oxygens (including phenoxy) is 1. The molecule has 0 radical (unpaired) electrons. The molecule has 1 N–H and O–H groups in total. The van der Waals surface area contributed by atoms with Gasteiger partial charge in [0.2, 0.25) is 0 Å². The molecule has 1 aliphatic carbocycles. The molecule has 1 saturated carbocycles. The number of piperazine rings is 1. The third kappa shape index (κ3) is 5.79. The summed E-state index contributed by atoms with van der Waals surface area (Å²) < 4.78 is 41.1. The van der Waals surface area contributed by atoms with Crippen LogP contribution in [0.5, 0.6) is 5.75 Å². The van der Waals surface area contributed by atoms with Crippen LogP contribution < -0.4 is 10.1 Å². The topological polar surface area (TPSA) is 24.5 Å². The molecule has 0 unspecified atom stereocenters. The minimum Gasteiger partial charge on any atom is -0.404 e. The molecule has 0 bridgehead atoms. The van der Waals surface area contributed by atoms with Crippen LogP contribution in [-0.4, -0.2) is 37.4 Å². The van der Waals surface area contributed by atoms with Gasteiger partial charge in [-0.1, -0.05) is 24.1 Å². The molecule has 3 nitrogen and oxygen atoms in total. The van der Waals surface area contributed by atoms with E-state index in [-0.39, 0.29) is 41.6 Å². The maximum absolute atomic E-state index is 12.4. The molecule has 1 heterocycles. The summed E-state index contributed by atoms with van der Waals surface area (Å²) in [6.45, 7) is 3.76. The van der Waals surface area contributed by atoms with Crippen LogP contribution in [0.4, 0.5) is 13.2 Å². The van der Waals surface area contributed by atoms with Gasteiger partial charge in [-0.15, -0.1) is 38.0 Å². The van der Waals surface area contributed by atoms with E-state index in [1.165, 1.54) is 12.5 Å². The second kappa shape index (κ2) is 9.51. The zero-order chi connectivity index (χ0) is 16.4. The monoisotopic (exact) mass is 420 g/mol. The molecule has 0 amide bonds. The maximum atomic E-state index is 12.4. The van der Waals surface area contributed by atoms with E-state index in [9.17, 15) is 13.2 Å². The van der Waals surface area contributed by atoms with Crippen LogP contribution in [0.2, 0.25) is 5.02 Å². The van der Waals surface area contributed by atoms with Gasteiger partial charge in [0, 0.05) is 32.2 Å². The summed E-state index contributed by atoms with van der Waals surface area (Å²) in [5.74, 6) is 0.217. The van der Waals surface area contributed by atoms with Gasteiger partial charge in [0.25, 0.3) is 0 Å². The first-order valence-corrected chi connectivity index (χ1v) is 8.32. The lowest BCUT2D eigenvalue weighted by molar-refractivity contribution is -0.274. The van der Waals surface area contributed by atoms with Crippen molar-refractivity contribution in [1.29, 1.82) is 0 Å². The Morgan fingerprint density at radius 1 is 1.16 bits per heavy atom. The third-order valence-corrected chi connectivity index (χ3v) is 4.96. The number of hydrogen-bond donors (Lipinski definition) is 1. The first-order chi connectivity index (χ1) is 10.9. The highest BCUT2D eigenvalue weighted by atomic mass is 35.5. The van der Waals surface area contributed by atoms with E-state index in [2.05, 4.69) is 15.0 Å². The first kappa shape index (κ1) is 22.6. The van der Waals surface area contributed by atoms with E-state index in [0.717, 1.165) is 44.6 Å². The molecular weight excluding hydrogens is 400 g/mol. The molecule has 2 fully saturated rings. The van der Waals surface area contributed by atoms with Gasteiger partial charge in [-0.3, -0.25) is 4.90 Å². The van der Waals surface area contributed by atoms with Crippen molar-refractivity contribution in [2.45, 2.75) is 31.7 Å². The van der Waals surface area contributed by atoms with E-state index in [0.29, 0.717) is 5.92 Å². The van der Waals surface area contributed by atoms with Gasteiger partial charge in [0.1, 0.15) is 5.75 Å². The van der Waals surface area contributed by atoms with Crippen LogP contribution in [0.1, 0.15) is 30.9 Å². The number of halogens is 6. The van der Waals surface area contributed by atoms with Crippen molar-refractivity contribution in [3.8, 4) is 5.75 Å². The molecule has 1 atom stereocenters. The van der Waals surface area contributed by atoms with Crippen molar-refractivity contribution in [1.82, 2.24) is 10.2 Å². The SMILES string of the molecule is Cl.Cl.FC(F)(F)Oc1ccc([C@H](C2CCC2)N2CCNCC2)cc1Cl. The van der Waals surface area contributed by atoms with Crippen LogP contribution in [0, 0.1) is 5.92 Å². The van der Waals surface area contributed by atoms with Gasteiger partial charge in [0.05, 0.1) is 5.02 Å². The van der Waals surface area contributed by atoms with E-state index in [1.807, 2.05) is 0 Å². The fourth-order valence-corrected chi connectivity index (χ4v) is 3.63. The molecule has 1 aromatic rings. The number of hydrogen-bond acceptors (Lipinski definition) is 3. The number of nitrogens with zero attached hydrogens (tertiary/aromatic N) is 1. The molecule has 0 spiro atoms. The van der Waals surface area contributed by atoms with E-state index < -0.39 is 6.36 Å². The lowest BCUT2D eigenvalue weighted by atomic mass is 9.76. The number of alkyl halides is 3. The van der Waals surface area contributed by atoms with Crippen molar-refractivity contribution >= 4 is 36.4 Å². The minimum atomic E-state index is -4.73. The van der Waals surface area contributed by atoms with Gasteiger partial charge in [-0.2, -0.15) is 0 Å². The second-order valence-corrected chi connectivity index (χ2v) is 6.57. The summed E-state index contributed by atoms with van der Waals surface area (Å²) in [6, 6.07) is 4.91. The van der Waals surface area contributed by atoms with Crippen molar-refractivity contribution in [2.24, 2.45) is 5.92 Å². The Hall–Kier alpha value is -0.400. The third-order valence-electron chi connectivity index (χ3n) is 4.66. The first-order valence-electron chi connectivity index (χ1n) is 7.94. The van der Waals surface area contributed by atoms with Crippen molar-refractivity contribution in [3.05, 3.63) is 28.8 Å². The molecule has 1 saturated heterocycles. The van der Waals surface area contributed by atoms with Crippen LogP contribution in [0.15, 0.2) is 18.2 Å². The highest BCUT2D eigenvalue weighted by Crippen LogP contribution is 2.43. The summed E-state index contributed by atoms with van der Waals surface area (Å²) in [5.41, 5.74) is 0.983. The van der Waals surface area contributed by atoms with Gasteiger partial charge >= 0.3 is 6.36 Å². The smallest absolute Gasteiger partial charge is 0.404 e. The molecule has 1 aromatic carbocycles. The van der Waals surface area contributed by atoms with Crippen LogP contribution in [-0.2, 0) is 0 Å². The van der Waals surface area contributed by atoms with E-state index >= 15 is 0 Å². The Balaban J connectivity index is 0.00000156. The molecular formula is C16H22Cl3F3N2O. The quantitative estimate of drug-likeness (QED) is 0.754. The predicted octanol–water partition coefficient (Wildman–Crippen LogP) is 4.83. The summed E-state index contributed by atoms with van der Waals surface area (Å²) in [7, 11) is 0. The van der Waals surface area contributed by atoms with Crippen molar-refractivity contribution in [3.63, 3.8) is 0 Å². The zero-order valence-corrected chi connectivity index (χ0v) is 15.9. The normalized spacial score (nSPS) is 20.0. The summed E-state index contributed by atoms with van der Waals surface area (Å²) in [6.07, 6.45) is -1.19. The predicted molar refractivity (Wildman–Crippen MR) is 97.2 cm³/mol. The van der Waals surface area contributed by atoms with Gasteiger partial charge in [0.15, 0.2) is 0 Å². The average Bonchev–Trinajstić information content (AvgIpc) is 2.44. The average molecular weight is 422 g/mol. The minimum absolute atomic E-state index is 0. The van der Waals surface area contributed by atoms with Crippen LogP contribution in [0.25, 0.3) is 0 Å². The molecule has 2 aliphatic rings. The van der Waals surface area contributed by atoms with Crippen LogP contribution in [0.3, 0.4) is 0 Å². The largest absolute Gasteiger partial charge is 0.573 e. The Kier molecular flexibility index (Phi) is 8.61. The van der Waals surface area contributed by atoms with Crippen molar-refractivity contribution in [2.75, 3.05) is 26.2 Å². The standard InChI is InChI=1S/C16H20ClF3N2O.2ClH/c17-13-10-12(4-5-14(13)23-16(18,19)20)15(11-2-1-3-11)22-8-6-21-7-9-22;;/h4-5,10-11,15,21H,1-3,6-9H2;2*1H/t15-;;/m0../s1. The van der Waals surface area contributed by atoms with Gasteiger partial charge in [-0.05, 0) is 36.5 Å². The lowest BCUT2D eigenvalue weighted by Gasteiger charge is -2.43. The van der Waals surface area contributed by atoms with Crippen LogP contribution >= 0.6 is 36.4 Å². The number of rotatable bonds is 4. The molecule has 3 rings (SSSR count). The van der Waals surface area contributed by atoms with Gasteiger partial charge < -0.3 is 10.1 Å². The fraction of sp³-hybridized carbons (Fsp3) is 0.625. The Bertz CT molecular complexity index is 550. The summed E-state index contributed by atoms with van der Waals surface area (Å²) >= 11 is 6.03. The Labute approximate surface area is 163 Å². The highest BCUT2D eigenvalue weighted by Gasteiger charge is 2.35. The highest BCUT2D eigenvalue weighted by molar-refractivity contribution is 6.32. The second-order valence-electron chi connectivity index (χ2n) is 6.16. The number of benzene rings is 1. The summed E-state index contributed by atoms with van der Waals surface area (Å²) in [5, 5.41) is 3.34. The molecule has 144 valence electrons. The zero-order valence-electron chi connectivity index (χ0n) is 13.5. The fourth-order valence-electron chi connectivity index (χ4n) is 3.41. The molecule has 9 heteroatoms. The van der Waals surface area contributed by atoms with E-state index in [4.69, 9.17) is 11.6 Å². The van der Waals surface area contributed by atoms with Gasteiger partial charge in [-0.25, -0.2) is 0 Å². The Morgan fingerprint density at radius 2 is 1.80 bits per heavy atom. The number of nitrogens with one attached hydrogen (secondary N) is 1. The Morgan fingerprint density at radius 3 is 2.28 bits per heavy atom. The lowest BCUT2D eigenvalue weighted by Crippen LogP contribution is -2.47. The molecule has 25 heavy (non-hydrogen) atoms. The van der Waals surface area contributed by atoms with E-state index in [1.54, 1.807) is 12.1 Å². The molecule has 1 aliphatic heterocycles.